The third kappa shape index (κ3) is 29.2. The van der Waals surface area contributed by atoms with E-state index in [2.05, 4.69) is 23.8 Å². The molecule has 0 atom stereocenters. The Morgan fingerprint density at radius 2 is 1.86 bits per heavy atom. The van der Waals surface area contributed by atoms with Gasteiger partial charge in [-0.15, -0.1) is 6.42 Å². The van der Waals surface area contributed by atoms with E-state index in [9.17, 15) is 4.79 Å². The van der Waals surface area contributed by atoms with E-state index < -0.39 is 5.97 Å². The molecule has 0 saturated carbocycles. The molecule has 6 heteroatoms. The van der Waals surface area contributed by atoms with Gasteiger partial charge in [0, 0.05) is 0 Å². The maximum atomic E-state index is 9.48. The number of halogens is 3. The molecule has 0 aliphatic heterocycles. The van der Waals surface area contributed by atoms with Crippen molar-refractivity contribution in [2.24, 2.45) is 0 Å². The Balaban J connectivity index is -0.0000000300. The summed E-state index contributed by atoms with van der Waals surface area (Å²) in [6.07, 6.45) is 10.0. The molecule has 1 rings (SSSR count). The smallest absolute Gasteiger partial charge is 1.00 e. The average molecular weight is 567 g/mol. The van der Waals surface area contributed by atoms with Crippen LogP contribution in [0.5, 0.6) is 0 Å². The Morgan fingerprint density at radius 3 is 1.93 bits per heavy atom. The van der Waals surface area contributed by atoms with Crippen molar-refractivity contribution in [3.63, 3.8) is 0 Å². The SMILES string of the molecule is [C-]1=CC=CC1.[CH2-]C(=O)OC.[I-].[I-].[I-].[Ti+3]. The first kappa shape index (κ1) is 29.6. The van der Waals surface area contributed by atoms with Crippen molar-refractivity contribution in [2.45, 2.75) is 6.42 Å². The van der Waals surface area contributed by atoms with Gasteiger partial charge in [-0.05, 0) is 0 Å². The van der Waals surface area contributed by atoms with Gasteiger partial charge in [-0.25, -0.2) is 12.2 Å². The van der Waals surface area contributed by atoms with E-state index in [4.69, 9.17) is 0 Å². The Morgan fingerprint density at radius 1 is 1.43 bits per heavy atom. The summed E-state index contributed by atoms with van der Waals surface area (Å²) in [5.74, 6) is -0.495. The third-order valence-electron chi connectivity index (χ3n) is 0.814. The number of allylic oxidation sites excluding steroid dienone is 4. The summed E-state index contributed by atoms with van der Waals surface area (Å²) in [4.78, 5) is 9.48. The van der Waals surface area contributed by atoms with E-state index in [0.717, 1.165) is 6.42 Å². The minimum atomic E-state index is -0.495. The molecule has 81 valence electrons. The van der Waals surface area contributed by atoms with Crippen LogP contribution in [0.2, 0.25) is 0 Å². The second-order valence-corrected chi connectivity index (χ2v) is 1.58. The van der Waals surface area contributed by atoms with Gasteiger partial charge in [0.1, 0.15) is 0 Å². The monoisotopic (exact) mass is 567 g/mol. The molecule has 1 aliphatic carbocycles. The summed E-state index contributed by atoms with van der Waals surface area (Å²) < 4.78 is 4.00. The van der Waals surface area contributed by atoms with Gasteiger partial charge in [0.25, 0.3) is 0 Å². The van der Waals surface area contributed by atoms with Gasteiger partial charge in [-0.1, -0.05) is 0 Å². The molecule has 14 heavy (non-hydrogen) atoms. The van der Waals surface area contributed by atoms with E-state index in [0.29, 0.717) is 0 Å². The van der Waals surface area contributed by atoms with Crippen LogP contribution >= 0.6 is 0 Å². The van der Waals surface area contributed by atoms with Gasteiger partial charge in [0.05, 0.1) is 7.11 Å². The fraction of sp³-hybridized carbons (Fsp3) is 0.250. The molecule has 0 heterocycles. The van der Waals surface area contributed by atoms with Crippen molar-refractivity contribution < 1.29 is 103 Å². The number of hydrogen-bond donors (Lipinski definition) is 0. The normalized spacial score (nSPS) is 8.64. The van der Waals surface area contributed by atoms with Crippen molar-refractivity contribution in [3.8, 4) is 0 Å². The molecular formula is C8H10I3O2Ti-2. The third-order valence-corrected chi connectivity index (χ3v) is 0.814. The van der Waals surface area contributed by atoms with Crippen molar-refractivity contribution in [2.75, 3.05) is 7.11 Å². The van der Waals surface area contributed by atoms with Crippen LogP contribution in [0.25, 0.3) is 0 Å². The van der Waals surface area contributed by atoms with Gasteiger partial charge in [0.15, 0.2) is 5.97 Å². The average Bonchev–Trinajstić information content (AvgIpc) is 2.43. The zero-order valence-corrected chi connectivity index (χ0v) is 15.6. The number of rotatable bonds is 0. The number of methoxy groups -OCH3 is 1. The van der Waals surface area contributed by atoms with Crippen molar-refractivity contribution in [1.29, 1.82) is 0 Å². The van der Waals surface area contributed by atoms with Crippen molar-refractivity contribution in [3.05, 3.63) is 31.2 Å². The van der Waals surface area contributed by atoms with Gasteiger partial charge in [0.2, 0.25) is 0 Å². The van der Waals surface area contributed by atoms with Gasteiger partial charge >= 0.3 is 21.7 Å². The Bertz CT molecular complexity index is 151. The molecule has 0 unspecified atom stereocenters. The largest absolute Gasteiger partial charge is 3.00 e. The second kappa shape index (κ2) is 24.1. The molecule has 0 aromatic rings. The van der Waals surface area contributed by atoms with Crippen LogP contribution in [0.3, 0.4) is 0 Å². The van der Waals surface area contributed by atoms with Crippen molar-refractivity contribution in [1.82, 2.24) is 0 Å². The van der Waals surface area contributed by atoms with Crippen LogP contribution in [-0.4, -0.2) is 13.1 Å². The molecule has 0 aromatic heterocycles. The molecule has 0 amide bonds. The zero-order chi connectivity index (χ0) is 7.82. The summed E-state index contributed by atoms with van der Waals surface area (Å²) in [6, 6.07) is 0. The number of esters is 1. The predicted molar refractivity (Wildman–Crippen MR) is 38.9 cm³/mol. The summed E-state index contributed by atoms with van der Waals surface area (Å²) in [5, 5.41) is 0. The molecule has 0 saturated heterocycles. The molecule has 2 nitrogen and oxygen atoms in total. The maximum Gasteiger partial charge on any atom is 3.00 e. The number of carbonyl (C=O) groups excluding carboxylic acids is 1. The molecule has 0 aromatic carbocycles. The molecule has 0 bridgehead atoms. The summed E-state index contributed by atoms with van der Waals surface area (Å²) >= 11 is 0. The van der Waals surface area contributed by atoms with E-state index >= 15 is 0 Å². The standard InChI is InChI=1S/C5H5.C3H5O2.3HI.Ti/c1-2-4-5-3-1;1-3(4)5-2;;;;/h1-3H,4H2;1H2,2H3;3*1H;/q2*-1;;;;+3/p-3. The molecule has 0 N–H and O–H groups in total. The fourth-order valence-corrected chi connectivity index (χ4v) is 0.340. The molecule has 1 aliphatic rings. The van der Waals surface area contributed by atoms with Gasteiger partial charge < -0.3 is 76.7 Å². The zero-order valence-electron chi connectivity index (χ0n) is 7.60. The minimum absolute atomic E-state index is 0. The van der Waals surface area contributed by atoms with E-state index in [1.807, 2.05) is 12.2 Å². The first-order valence-corrected chi connectivity index (χ1v) is 2.89. The molecule has 1 radical (unpaired) electrons. The van der Waals surface area contributed by atoms with Crippen LogP contribution in [0.1, 0.15) is 6.42 Å². The Hall–Kier alpha value is 1.72. The van der Waals surface area contributed by atoms with Gasteiger partial charge in [-0.3, -0.25) is 17.8 Å². The summed E-state index contributed by atoms with van der Waals surface area (Å²) in [5.41, 5.74) is 0. The minimum Gasteiger partial charge on any atom is -1.00 e. The number of carbonyl (C=O) groups is 1. The molecule has 0 fully saturated rings. The summed E-state index contributed by atoms with van der Waals surface area (Å²) in [7, 11) is 1.29. The first-order valence-electron chi connectivity index (χ1n) is 2.89. The van der Waals surface area contributed by atoms with E-state index in [-0.39, 0.29) is 93.6 Å². The van der Waals surface area contributed by atoms with Crippen LogP contribution in [0, 0.1) is 13.0 Å². The van der Waals surface area contributed by atoms with Gasteiger partial charge in [-0.2, -0.15) is 6.08 Å². The van der Waals surface area contributed by atoms with E-state index in [1.54, 1.807) is 0 Å². The number of hydrogen-bond acceptors (Lipinski definition) is 2. The van der Waals surface area contributed by atoms with Crippen molar-refractivity contribution >= 4 is 5.97 Å². The maximum absolute atomic E-state index is 9.48. The first-order chi connectivity index (χ1) is 4.77. The second-order valence-electron chi connectivity index (χ2n) is 1.58. The predicted octanol–water partition coefficient (Wildman–Crippen LogP) is -7.69. The molecule has 0 spiro atoms. The van der Waals surface area contributed by atoms with Crippen LogP contribution in [0.4, 0.5) is 0 Å². The van der Waals surface area contributed by atoms with Crippen LogP contribution < -0.4 is 71.9 Å². The van der Waals surface area contributed by atoms with Crippen LogP contribution in [0.15, 0.2) is 18.2 Å². The molecular weight excluding hydrogens is 557 g/mol. The topological polar surface area (TPSA) is 26.3 Å². The van der Waals surface area contributed by atoms with Crippen LogP contribution in [-0.2, 0) is 31.2 Å². The number of ether oxygens (including phenoxy) is 1. The van der Waals surface area contributed by atoms with E-state index in [1.165, 1.54) is 7.11 Å². The Labute approximate surface area is 152 Å². The fourth-order valence-electron chi connectivity index (χ4n) is 0.340. The Kier molecular flexibility index (Phi) is 51.1. The summed E-state index contributed by atoms with van der Waals surface area (Å²) in [6.45, 7) is 2.90. The quantitative estimate of drug-likeness (QED) is 0.126.